The molecule has 1 amide bonds. The Morgan fingerprint density at radius 1 is 1.10 bits per heavy atom. The van der Waals surface area contributed by atoms with Crippen LogP contribution in [0.3, 0.4) is 0 Å². The molecule has 0 atom stereocenters. The molecule has 1 aliphatic heterocycles. The van der Waals surface area contributed by atoms with Crippen molar-refractivity contribution < 1.29 is 9.72 Å². The lowest BCUT2D eigenvalue weighted by atomic mass is 9.96. The molecule has 0 N–H and O–H groups in total. The third kappa shape index (κ3) is 3.79. The van der Waals surface area contributed by atoms with Gasteiger partial charge >= 0.3 is 0 Å². The third-order valence-corrected chi connectivity index (χ3v) is 6.25. The largest absolute Gasteiger partial charge is 0.339 e. The zero-order valence-electron chi connectivity index (χ0n) is 17.6. The molecule has 7 nitrogen and oxygen atoms in total. The average molecular weight is 406 g/mol. The van der Waals surface area contributed by atoms with Crippen molar-refractivity contribution in [2.75, 3.05) is 13.1 Å². The molecule has 4 rings (SSSR count). The number of nitro groups is 1. The fourth-order valence-corrected chi connectivity index (χ4v) is 4.18. The number of hydrogen-bond donors (Lipinski definition) is 0. The van der Waals surface area contributed by atoms with Crippen LogP contribution in [-0.2, 0) is 6.54 Å². The summed E-state index contributed by atoms with van der Waals surface area (Å²) in [5.74, 6) is 0.344. The Hall–Kier alpha value is -3.22. The van der Waals surface area contributed by atoms with Crippen LogP contribution in [0.1, 0.15) is 39.9 Å². The molecule has 2 aromatic carbocycles. The van der Waals surface area contributed by atoms with E-state index in [4.69, 9.17) is 0 Å². The lowest BCUT2D eigenvalue weighted by Gasteiger charge is -2.32. The minimum atomic E-state index is -0.434. The number of carbonyl (C=O) groups excluding carboxylic acids is 1. The highest BCUT2D eigenvalue weighted by atomic mass is 16.6. The normalized spacial score (nSPS) is 15.0. The Morgan fingerprint density at radius 3 is 2.50 bits per heavy atom. The maximum Gasteiger partial charge on any atom is 0.273 e. The van der Waals surface area contributed by atoms with Gasteiger partial charge in [0.25, 0.3) is 11.6 Å². The van der Waals surface area contributed by atoms with E-state index in [1.54, 1.807) is 19.1 Å². The zero-order chi connectivity index (χ0) is 21.4. The summed E-state index contributed by atoms with van der Waals surface area (Å²) in [6, 6.07) is 9.04. The monoisotopic (exact) mass is 406 g/mol. The number of hydrogen-bond acceptors (Lipinski definition) is 4. The number of imidazole rings is 1. The fraction of sp³-hybridized carbons (Fsp3) is 0.391. The summed E-state index contributed by atoms with van der Waals surface area (Å²) in [6.45, 7) is 8.11. The average Bonchev–Trinajstić information content (AvgIpc) is 3.10. The Balaban J connectivity index is 1.42. The summed E-state index contributed by atoms with van der Waals surface area (Å²) in [7, 11) is 0. The van der Waals surface area contributed by atoms with Crippen molar-refractivity contribution in [1.29, 1.82) is 0 Å². The van der Waals surface area contributed by atoms with Gasteiger partial charge in [-0.25, -0.2) is 4.98 Å². The number of nitrogens with zero attached hydrogens (tertiary/aromatic N) is 4. The van der Waals surface area contributed by atoms with Crippen LogP contribution >= 0.6 is 0 Å². The first-order valence-electron chi connectivity index (χ1n) is 10.3. The first-order valence-corrected chi connectivity index (χ1v) is 10.3. The molecule has 0 aliphatic carbocycles. The van der Waals surface area contributed by atoms with Gasteiger partial charge < -0.3 is 9.47 Å². The number of aromatic nitrogens is 2. The van der Waals surface area contributed by atoms with Crippen molar-refractivity contribution in [1.82, 2.24) is 14.5 Å². The van der Waals surface area contributed by atoms with Crippen LogP contribution in [0.15, 0.2) is 36.7 Å². The van der Waals surface area contributed by atoms with Crippen molar-refractivity contribution in [2.45, 2.75) is 40.2 Å². The molecule has 0 saturated carbocycles. The number of likely N-dealkylation sites (tertiary alicyclic amines) is 1. The fourth-order valence-electron chi connectivity index (χ4n) is 4.18. The molecule has 156 valence electrons. The smallest absolute Gasteiger partial charge is 0.273 e. The van der Waals surface area contributed by atoms with Crippen LogP contribution in [0.4, 0.5) is 5.69 Å². The van der Waals surface area contributed by atoms with Gasteiger partial charge in [-0.2, -0.15) is 0 Å². The number of aryl methyl sites for hydroxylation is 3. The predicted molar refractivity (Wildman–Crippen MR) is 116 cm³/mol. The van der Waals surface area contributed by atoms with Crippen molar-refractivity contribution in [3.63, 3.8) is 0 Å². The number of nitro benzene ring substituents is 1. The topological polar surface area (TPSA) is 81.3 Å². The number of benzene rings is 2. The van der Waals surface area contributed by atoms with E-state index >= 15 is 0 Å². The van der Waals surface area contributed by atoms with E-state index in [9.17, 15) is 14.9 Å². The van der Waals surface area contributed by atoms with Gasteiger partial charge in [0.1, 0.15) is 0 Å². The van der Waals surface area contributed by atoms with Crippen LogP contribution in [0.25, 0.3) is 11.0 Å². The number of amides is 1. The van der Waals surface area contributed by atoms with Crippen molar-refractivity contribution in [3.05, 3.63) is 69.0 Å². The molecule has 2 heterocycles. The summed E-state index contributed by atoms with van der Waals surface area (Å²) in [6.07, 6.45) is 3.72. The highest BCUT2D eigenvalue weighted by Gasteiger charge is 2.25. The number of rotatable bonds is 4. The molecular formula is C23H26N4O3. The van der Waals surface area contributed by atoms with Crippen LogP contribution in [0, 0.1) is 36.8 Å². The van der Waals surface area contributed by atoms with Gasteiger partial charge in [0.15, 0.2) is 0 Å². The standard InChI is InChI=1S/C23H26N4O3/c1-15-4-5-19(12-21(15)27(29)30)23(28)25-8-6-18(7-9-25)13-26-14-24-20-10-16(2)17(3)11-22(20)26/h4-5,10-12,14,18H,6-9,13H2,1-3H3. The number of fused-ring (bicyclic) bond motifs is 1. The van der Waals surface area contributed by atoms with Gasteiger partial charge in [-0.1, -0.05) is 6.07 Å². The Bertz CT molecular complexity index is 1130. The van der Waals surface area contributed by atoms with Crippen LogP contribution < -0.4 is 0 Å². The summed E-state index contributed by atoms with van der Waals surface area (Å²) >= 11 is 0. The first-order chi connectivity index (χ1) is 14.3. The third-order valence-electron chi connectivity index (χ3n) is 6.25. The SMILES string of the molecule is Cc1cc2ncn(CC3CCN(C(=O)c4ccc(C)c([N+](=O)[O-])c4)CC3)c2cc1C. The maximum absolute atomic E-state index is 12.8. The molecule has 1 aromatic heterocycles. The Labute approximate surface area is 175 Å². The lowest BCUT2D eigenvalue weighted by molar-refractivity contribution is -0.385. The molecule has 7 heteroatoms. The van der Waals surface area contributed by atoms with Gasteiger partial charge in [0.05, 0.1) is 22.3 Å². The highest BCUT2D eigenvalue weighted by Crippen LogP contribution is 2.26. The van der Waals surface area contributed by atoms with E-state index < -0.39 is 4.92 Å². The second kappa shape index (κ2) is 7.89. The zero-order valence-corrected chi connectivity index (χ0v) is 17.6. The molecule has 30 heavy (non-hydrogen) atoms. The van der Waals surface area contributed by atoms with Crippen molar-refractivity contribution in [3.8, 4) is 0 Å². The molecule has 1 aliphatic rings. The van der Waals surface area contributed by atoms with Crippen LogP contribution in [0.2, 0.25) is 0 Å². The minimum absolute atomic E-state index is 0.00625. The molecule has 1 fully saturated rings. The minimum Gasteiger partial charge on any atom is -0.339 e. The van der Waals surface area contributed by atoms with Gasteiger partial charge in [0, 0.05) is 36.8 Å². The van der Waals surface area contributed by atoms with Crippen molar-refractivity contribution >= 4 is 22.6 Å². The van der Waals surface area contributed by atoms with E-state index in [2.05, 4.69) is 35.5 Å². The van der Waals surface area contributed by atoms with Gasteiger partial charge in [0.2, 0.25) is 0 Å². The Kier molecular flexibility index (Phi) is 5.28. The molecule has 0 spiro atoms. The molecule has 1 saturated heterocycles. The van der Waals surface area contributed by atoms with Gasteiger partial charge in [-0.15, -0.1) is 0 Å². The summed E-state index contributed by atoms with van der Waals surface area (Å²) in [5.41, 5.74) is 5.63. The summed E-state index contributed by atoms with van der Waals surface area (Å²) in [4.78, 5) is 29.9. The lowest BCUT2D eigenvalue weighted by Crippen LogP contribution is -2.39. The quantitative estimate of drug-likeness (QED) is 0.474. The molecular weight excluding hydrogens is 380 g/mol. The predicted octanol–water partition coefficient (Wildman–Crippen LogP) is 4.42. The second-order valence-electron chi connectivity index (χ2n) is 8.32. The number of piperidine rings is 1. The molecule has 0 radical (unpaired) electrons. The molecule has 0 bridgehead atoms. The summed E-state index contributed by atoms with van der Waals surface area (Å²) < 4.78 is 2.22. The number of carbonyl (C=O) groups is 1. The Morgan fingerprint density at radius 2 is 1.80 bits per heavy atom. The van der Waals surface area contributed by atoms with Crippen molar-refractivity contribution in [2.24, 2.45) is 5.92 Å². The van der Waals surface area contributed by atoms with E-state index in [1.807, 2.05) is 11.2 Å². The van der Waals surface area contributed by atoms with E-state index in [0.29, 0.717) is 30.1 Å². The van der Waals surface area contributed by atoms with Gasteiger partial charge in [-0.3, -0.25) is 14.9 Å². The second-order valence-corrected chi connectivity index (χ2v) is 8.32. The summed E-state index contributed by atoms with van der Waals surface area (Å²) in [5, 5.41) is 11.2. The van der Waals surface area contributed by atoms with Gasteiger partial charge in [-0.05, 0) is 68.9 Å². The molecule has 3 aromatic rings. The van der Waals surface area contributed by atoms with Crippen LogP contribution in [-0.4, -0.2) is 38.4 Å². The molecule has 0 unspecified atom stereocenters. The van der Waals surface area contributed by atoms with Crippen LogP contribution in [0.5, 0.6) is 0 Å². The van der Waals surface area contributed by atoms with E-state index in [0.717, 1.165) is 30.4 Å². The highest BCUT2D eigenvalue weighted by molar-refractivity contribution is 5.95. The van der Waals surface area contributed by atoms with E-state index in [1.165, 1.54) is 17.2 Å². The maximum atomic E-state index is 12.8. The van der Waals surface area contributed by atoms with E-state index in [-0.39, 0.29) is 11.6 Å². The first kappa shape index (κ1) is 20.1.